The second kappa shape index (κ2) is 5.80. The second-order valence-corrected chi connectivity index (χ2v) is 5.37. The van der Waals surface area contributed by atoms with E-state index in [1.807, 2.05) is 0 Å². The molecule has 0 radical (unpaired) electrons. The van der Waals surface area contributed by atoms with Crippen LogP contribution in [0, 0.1) is 6.92 Å². The lowest BCUT2D eigenvalue weighted by Crippen LogP contribution is -2.19. The van der Waals surface area contributed by atoms with Crippen molar-refractivity contribution in [2.45, 2.75) is 13.1 Å². The van der Waals surface area contributed by atoms with Gasteiger partial charge in [0.1, 0.15) is 5.70 Å². The summed E-state index contributed by atoms with van der Waals surface area (Å²) in [7, 11) is 0. The van der Waals surface area contributed by atoms with Crippen molar-refractivity contribution in [1.29, 1.82) is 0 Å². The molecule has 0 saturated heterocycles. The lowest BCUT2D eigenvalue weighted by atomic mass is 10.2. The Morgan fingerprint density at radius 3 is 2.64 bits per heavy atom. The van der Waals surface area contributed by atoms with E-state index in [0.717, 1.165) is 12.1 Å². The number of carboxylic acid groups (broad SMARTS) is 1. The lowest BCUT2D eigenvalue weighted by Gasteiger charge is -2.14. The summed E-state index contributed by atoms with van der Waals surface area (Å²) < 4.78 is 40.4. The highest BCUT2D eigenvalue weighted by Crippen LogP contribution is 2.33. The standard InChI is InChI=1S/C14H11F3N2O2S/c1-8(11-4-3-5-22-11)6-12(14(15,16)17)19-9(2)7-10(18-19)13(20)21/h3-7H,1H2,2H3,(H,20,21)/b12-6-. The number of hydrogen-bond acceptors (Lipinski definition) is 3. The molecule has 2 aromatic heterocycles. The quantitative estimate of drug-likeness (QED) is 0.861. The zero-order valence-corrected chi connectivity index (χ0v) is 12.2. The predicted octanol–water partition coefficient (Wildman–Crippen LogP) is 4.07. The fourth-order valence-corrected chi connectivity index (χ4v) is 2.45. The molecule has 0 spiro atoms. The maximum absolute atomic E-state index is 13.3. The highest BCUT2D eigenvalue weighted by atomic mass is 32.1. The SMILES string of the molecule is C=C(/C=C(\n1nc(C(=O)O)cc1C)C(F)(F)F)c1cccs1. The largest absolute Gasteiger partial charge is 0.476 e. The molecule has 0 bridgehead atoms. The van der Waals surface area contributed by atoms with Gasteiger partial charge < -0.3 is 5.11 Å². The van der Waals surface area contributed by atoms with E-state index in [2.05, 4.69) is 11.7 Å². The van der Waals surface area contributed by atoms with Crippen molar-refractivity contribution in [3.63, 3.8) is 0 Å². The number of carboxylic acids is 1. The average Bonchev–Trinajstić information content (AvgIpc) is 3.03. The maximum Gasteiger partial charge on any atom is 0.433 e. The van der Waals surface area contributed by atoms with E-state index in [4.69, 9.17) is 5.11 Å². The molecule has 116 valence electrons. The van der Waals surface area contributed by atoms with Crippen molar-refractivity contribution < 1.29 is 23.1 Å². The Balaban J connectivity index is 2.52. The summed E-state index contributed by atoms with van der Waals surface area (Å²) in [6.07, 6.45) is -3.84. The zero-order valence-electron chi connectivity index (χ0n) is 11.4. The van der Waals surface area contributed by atoms with Crippen LogP contribution in [0.4, 0.5) is 13.2 Å². The summed E-state index contributed by atoms with van der Waals surface area (Å²) in [6.45, 7) is 4.98. The minimum absolute atomic E-state index is 0.0694. The summed E-state index contributed by atoms with van der Waals surface area (Å²) in [5.74, 6) is -1.39. The van der Waals surface area contributed by atoms with Crippen LogP contribution in [0.1, 0.15) is 21.1 Å². The predicted molar refractivity (Wildman–Crippen MR) is 77.6 cm³/mol. The molecule has 0 aliphatic rings. The van der Waals surface area contributed by atoms with Crippen LogP contribution in [0.3, 0.4) is 0 Å². The fourth-order valence-electron chi connectivity index (χ4n) is 1.78. The monoisotopic (exact) mass is 328 g/mol. The summed E-state index contributed by atoms with van der Waals surface area (Å²) in [6, 6.07) is 4.43. The van der Waals surface area contributed by atoms with Crippen LogP contribution in [-0.4, -0.2) is 27.0 Å². The normalized spacial score (nSPS) is 12.5. The van der Waals surface area contributed by atoms with Crippen LogP contribution in [-0.2, 0) is 0 Å². The van der Waals surface area contributed by atoms with Gasteiger partial charge in [0.15, 0.2) is 5.69 Å². The van der Waals surface area contributed by atoms with Gasteiger partial charge in [-0.25, -0.2) is 9.48 Å². The molecule has 2 rings (SSSR count). The van der Waals surface area contributed by atoms with E-state index in [1.54, 1.807) is 17.5 Å². The van der Waals surface area contributed by atoms with Crippen molar-refractivity contribution in [1.82, 2.24) is 9.78 Å². The van der Waals surface area contributed by atoms with Crippen LogP contribution in [0.5, 0.6) is 0 Å². The number of thiophene rings is 1. The lowest BCUT2D eigenvalue weighted by molar-refractivity contribution is -0.0745. The summed E-state index contributed by atoms with van der Waals surface area (Å²) in [5.41, 5.74) is -1.29. The number of nitrogens with zero attached hydrogens (tertiary/aromatic N) is 2. The minimum atomic E-state index is -4.70. The van der Waals surface area contributed by atoms with E-state index >= 15 is 0 Å². The molecule has 2 heterocycles. The number of aromatic carboxylic acids is 1. The summed E-state index contributed by atoms with van der Waals surface area (Å²) in [4.78, 5) is 11.4. The van der Waals surface area contributed by atoms with Gasteiger partial charge in [0.25, 0.3) is 0 Å². The Bertz CT molecular complexity index is 743. The second-order valence-electron chi connectivity index (χ2n) is 4.42. The number of hydrogen-bond donors (Lipinski definition) is 1. The third-order valence-corrected chi connectivity index (χ3v) is 3.72. The first-order chi connectivity index (χ1) is 10.2. The molecule has 8 heteroatoms. The van der Waals surface area contributed by atoms with Crippen molar-refractivity contribution >= 4 is 28.6 Å². The molecule has 4 nitrogen and oxygen atoms in total. The van der Waals surface area contributed by atoms with E-state index in [-0.39, 0.29) is 11.3 Å². The summed E-state index contributed by atoms with van der Waals surface area (Å²) >= 11 is 1.26. The van der Waals surface area contributed by atoms with Crippen molar-refractivity contribution in [2.75, 3.05) is 0 Å². The first kappa shape index (κ1) is 16.0. The van der Waals surface area contributed by atoms with Gasteiger partial charge in [0.05, 0.1) is 0 Å². The molecular weight excluding hydrogens is 317 g/mol. The minimum Gasteiger partial charge on any atom is -0.476 e. The number of rotatable bonds is 4. The van der Waals surface area contributed by atoms with Crippen LogP contribution >= 0.6 is 11.3 Å². The molecule has 0 atom stereocenters. The molecule has 0 fully saturated rings. The van der Waals surface area contributed by atoms with Gasteiger partial charge in [-0.3, -0.25) is 0 Å². The van der Waals surface area contributed by atoms with Crippen LogP contribution in [0.2, 0.25) is 0 Å². The van der Waals surface area contributed by atoms with Crippen LogP contribution in [0.25, 0.3) is 11.3 Å². The smallest absolute Gasteiger partial charge is 0.433 e. The van der Waals surface area contributed by atoms with E-state index in [0.29, 0.717) is 9.56 Å². The first-order valence-electron chi connectivity index (χ1n) is 6.02. The van der Waals surface area contributed by atoms with E-state index < -0.39 is 23.5 Å². The third kappa shape index (κ3) is 3.28. The van der Waals surface area contributed by atoms with Gasteiger partial charge >= 0.3 is 12.1 Å². The molecule has 2 aromatic rings. The molecule has 0 amide bonds. The van der Waals surface area contributed by atoms with Crippen LogP contribution < -0.4 is 0 Å². The molecule has 0 aliphatic heterocycles. The van der Waals surface area contributed by atoms with E-state index in [9.17, 15) is 18.0 Å². The molecule has 0 aliphatic carbocycles. The molecule has 1 N–H and O–H groups in total. The van der Waals surface area contributed by atoms with Crippen LogP contribution in [0.15, 0.2) is 36.2 Å². The number of alkyl halides is 3. The van der Waals surface area contributed by atoms with Gasteiger partial charge in [0, 0.05) is 10.6 Å². The number of carbonyl (C=O) groups is 1. The van der Waals surface area contributed by atoms with Crippen molar-refractivity contribution in [3.8, 4) is 0 Å². The molecule has 22 heavy (non-hydrogen) atoms. The van der Waals surface area contributed by atoms with Gasteiger partial charge in [-0.05, 0) is 36.1 Å². The average molecular weight is 328 g/mol. The van der Waals surface area contributed by atoms with Gasteiger partial charge in [0.2, 0.25) is 0 Å². The highest BCUT2D eigenvalue weighted by molar-refractivity contribution is 7.11. The van der Waals surface area contributed by atoms with Gasteiger partial charge in [-0.2, -0.15) is 18.3 Å². The zero-order chi connectivity index (χ0) is 16.5. The maximum atomic E-state index is 13.3. The Morgan fingerprint density at radius 2 is 2.18 bits per heavy atom. The third-order valence-electron chi connectivity index (χ3n) is 2.77. The van der Waals surface area contributed by atoms with Gasteiger partial charge in [-0.15, -0.1) is 11.3 Å². The Morgan fingerprint density at radius 1 is 1.50 bits per heavy atom. The van der Waals surface area contributed by atoms with Crippen molar-refractivity contribution in [2.24, 2.45) is 0 Å². The first-order valence-corrected chi connectivity index (χ1v) is 6.90. The topological polar surface area (TPSA) is 55.1 Å². The molecule has 0 saturated carbocycles. The Kier molecular flexibility index (Phi) is 4.23. The van der Waals surface area contributed by atoms with E-state index in [1.165, 1.54) is 18.3 Å². The number of aromatic nitrogens is 2. The number of allylic oxidation sites excluding steroid dienone is 3. The highest BCUT2D eigenvalue weighted by Gasteiger charge is 2.37. The molecule has 0 unspecified atom stereocenters. The van der Waals surface area contributed by atoms with Gasteiger partial charge in [-0.1, -0.05) is 12.6 Å². The fraction of sp³-hybridized carbons (Fsp3) is 0.143. The Labute approximate surface area is 127 Å². The molecular formula is C14H11F3N2O2S. The Hall–Kier alpha value is -2.35. The number of aryl methyl sites for hydroxylation is 1. The number of halogens is 3. The molecule has 0 aromatic carbocycles. The van der Waals surface area contributed by atoms with Crippen molar-refractivity contribution in [3.05, 3.63) is 52.5 Å². The summed E-state index contributed by atoms with van der Waals surface area (Å²) in [5, 5.41) is 14.1.